The second-order valence-electron chi connectivity index (χ2n) is 4.81. The van der Waals surface area contributed by atoms with Crippen molar-refractivity contribution in [3.05, 3.63) is 44.8 Å². The maximum atomic E-state index is 5.61. The molecule has 3 rings (SSSR count). The van der Waals surface area contributed by atoms with E-state index in [0.717, 1.165) is 37.1 Å². The van der Waals surface area contributed by atoms with Gasteiger partial charge in [-0.2, -0.15) is 0 Å². The zero-order valence-corrected chi connectivity index (χ0v) is 14.9. The largest absolute Gasteiger partial charge is 0.492 e. The minimum absolute atomic E-state index is 0.625. The molecule has 1 heterocycles. The number of ether oxygens (including phenoxy) is 1. The molecule has 5 heteroatoms. The molecule has 0 bridgehead atoms. The fourth-order valence-electron chi connectivity index (χ4n) is 2.24. The maximum Gasteiger partial charge on any atom is 0.147 e. The predicted molar refractivity (Wildman–Crippen MR) is 92.8 cm³/mol. The fraction of sp³-hybridized carbons (Fsp3) is 0.188. The number of aromatic nitrogens is 2. The van der Waals surface area contributed by atoms with E-state index in [1.165, 1.54) is 5.56 Å². The zero-order valence-electron chi connectivity index (χ0n) is 11.7. The highest BCUT2D eigenvalue weighted by Crippen LogP contribution is 2.37. The summed E-state index contributed by atoms with van der Waals surface area (Å²) in [6, 6.07) is 10.2. The van der Waals surface area contributed by atoms with E-state index in [2.05, 4.69) is 60.9 Å². The molecule has 3 aromatic rings. The van der Waals surface area contributed by atoms with Crippen LogP contribution in [0.25, 0.3) is 22.4 Å². The van der Waals surface area contributed by atoms with E-state index in [4.69, 9.17) is 4.74 Å². The van der Waals surface area contributed by atoms with E-state index >= 15 is 0 Å². The molecule has 0 spiro atoms. The maximum absolute atomic E-state index is 5.61. The third-order valence-electron chi connectivity index (χ3n) is 3.20. The van der Waals surface area contributed by atoms with Gasteiger partial charge in [-0.3, -0.25) is 0 Å². The van der Waals surface area contributed by atoms with Gasteiger partial charge in [0.05, 0.1) is 26.6 Å². The van der Waals surface area contributed by atoms with Crippen LogP contribution in [0.4, 0.5) is 0 Å². The Balaban J connectivity index is 2.10. The lowest BCUT2D eigenvalue weighted by atomic mass is 10.2. The molecule has 0 aliphatic carbocycles. The molecule has 0 aliphatic rings. The number of aryl methyl sites for hydroxylation is 1. The minimum atomic E-state index is 0.625. The summed E-state index contributed by atoms with van der Waals surface area (Å²) in [4.78, 5) is 8.01. The first kappa shape index (κ1) is 14.6. The summed E-state index contributed by atoms with van der Waals surface area (Å²) < 4.78 is 7.42. The lowest BCUT2D eigenvalue weighted by Gasteiger charge is -2.09. The normalized spacial score (nSPS) is 11.0. The van der Waals surface area contributed by atoms with Crippen LogP contribution in [0.2, 0.25) is 0 Å². The van der Waals surface area contributed by atoms with Crippen LogP contribution in [0, 0.1) is 6.92 Å². The zero-order chi connectivity index (χ0) is 15.0. The molecule has 0 saturated heterocycles. The summed E-state index contributed by atoms with van der Waals surface area (Å²) in [6.07, 6.45) is 0. The molecule has 0 fully saturated rings. The van der Waals surface area contributed by atoms with Crippen LogP contribution >= 0.6 is 31.9 Å². The van der Waals surface area contributed by atoms with E-state index in [-0.39, 0.29) is 0 Å². The first-order valence-electron chi connectivity index (χ1n) is 6.67. The summed E-state index contributed by atoms with van der Waals surface area (Å²) in [5.74, 6) is 1.66. The van der Waals surface area contributed by atoms with Crippen molar-refractivity contribution in [1.29, 1.82) is 0 Å². The van der Waals surface area contributed by atoms with Gasteiger partial charge in [0.1, 0.15) is 11.6 Å². The Morgan fingerprint density at radius 3 is 2.52 bits per heavy atom. The summed E-state index contributed by atoms with van der Waals surface area (Å²) in [5.41, 5.74) is 4.24. The molecule has 0 atom stereocenters. The van der Waals surface area contributed by atoms with Gasteiger partial charge in [0.25, 0.3) is 0 Å². The van der Waals surface area contributed by atoms with Crippen molar-refractivity contribution in [2.24, 2.45) is 0 Å². The molecule has 2 aromatic carbocycles. The van der Waals surface area contributed by atoms with Crippen LogP contribution < -0.4 is 4.74 Å². The molecule has 108 valence electrons. The number of nitrogens with zero attached hydrogens (tertiary/aromatic N) is 1. The minimum Gasteiger partial charge on any atom is -0.492 e. The Morgan fingerprint density at radius 2 is 1.86 bits per heavy atom. The van der Waals surface area contributed by atoms with Gasteiger partial charge in [-0.05, 0) is 75.5 Å². The Kier molecular flexibility index (Phi) is 4.04. The number of nitrogens with one attached hydrogen (secondary N) is 1. The predicted octanol–water partition coefficient (Wildman–Crippen LogP) is 5.46. The van der Waals surface area contributed by atoms with Crippen LogP contribution in [0.3, 0.4) is 0 Å². The molecule has 21 heavy (non-hydrogen) atoms. The standard InChI is InChI=1S/C16H14Br2N2O/c1-3-21-15-11(17)7-10(8-12(15)18)16-19-13-5-4-9(2)6-14(13)20-16/h4-8H,3H2,1-2H3,(H,19,20). The summed E-state index contributed by atoms with van der Waals surface area (Å²) in [7, 11) is 0. The van der Waals surface area contributed by atoms with Crippen molar-refractivity contribution in [1.82, 2.24) is 9.97 Å². The smallest absolute Gasteiger partial charge is 0.147 e. The van der Waals surface area contributed by atoms with Crippen LogP contribution in [-0.4, -0.2) is 16.6 Å². The third kappa shape index (κ3) is 2.85. The quantitative estimate of drug-likeness (QED) is 0.623. The second-order valence-corrected chi connectivity index (χ2v) is 6.52. The number of rotatable bonds is 3. The van der Waals surface area contributed by atoms with Gasteiger partial charge in [-0.25, -0.2) is 4.98 Å². The van der Waals surface area contributed by atoms with E-state index < -0.39 is 0 Å². The highest BCUT2D eigenvalue weighted by Gasteiger charge is 2.12. The highest BCUT2D eigenvalue weighted by molar-refractivity contribution is 9.11. The fourth-order valence-corrected chi connectivity index (χ4v) is 3.65. The molecule has 0 amide bonds. The molecular weight excluding hydrogens is 396 g/mol. The number of halogens is 2. The monoisotopic (exact) mass is 408 g/mol. The molecule has 0 radical (unpaired) electrons. The van der Waals surface area contributed by atoms with Gasteiger partial charge in [-0.15, -0.1) is 0 Å². The van der Waals surface area contributed by atoms with Crippen LogP contribution in [0.15, 0.2) is 39.3 Å². The van der Waals surface area contributed by atoms with E-state index in [0.29, 0.717) is 6.61 Å². The van der Waals surface area contributed by atoms with E-state index in [9.17, 15) is 0 Å². The van der Waals surface area contributed by atoms with E-state index in [1.54, 1.807) is 0 Å². The van der Waals surface area contributed by atoms with E-state index in [1.807, 2.05) is 25.1 Å². The first-order chi connectivity index (χ1) is 10.1. The van der Waals surface area contributed by atoms with Crippen molar-refractivity contribution < 1.29 is 4.74 Å². The van der Waals surface area contributed by atoms with Crippen molar-refractivity contribution in [3.8, 4) is 17.1 Å². The van der Waals surface area contributed by atoms with Crippen LogP contribution in [-0.2, 0) is 0 Å². The summed E-state index contributed by atoms with van der Waals surface area (Å²) in [6.45, 7) is 4.67. The average Bonchev–Trinajstić information content (AvgIpc) is 2.85. The molecule has 0 saturated carbocycles. The highest BCUT2D eigenvalue weighted by atomic mass is 79.9. The Morgan fingerprint density at radius 1 is 1.14 bits per heavy atom. The molecule has 1 N–H and O–H groups in total. The van der Waals surface area contributed by atoms with Gasteiger partial charge < -0.3 is 9.72 Å². The number of H-pyrrole nitrogens is 1. The van der Waals surface area contributed by atoms with Crippen molar-refractivity contribution >= 4 is 42.9 Å². The van der Waals surface area contributed by atoms with Gasteiger partial charge in [0.15, 0.2) is 0 Å². The number of imidazole rings is 1. The topological polar surface area (TPSA) is 37.9 Å². The van der Waals surface area contributed by atoms with Crippen molar-refractivity contribution in [3.63, 3.8) is 0 Å². The van der Waals surface area contributed by atoms with Crippen molar-refractivity contribution in [2.45, 2.75) is 13.8 Å². The molecule has 3 nitrogen and oxygen atoms in total. The third-order valence-corrected chi connectivity index (χ3v) is 4.38. The SMILES string of the molecule is CCOc1c(Br)cc(-c2nc3ccc(C)cc3[nH]2)cc1Br. The molecule has 0 unspecified atom stereocenters. The Labute approximate surface area is 140 Å². The Hall–Kier alpha value is -1.33. The number of fused-ring (bicyclic) bond motifs is 1. The summed E-state index contributed by atoms with van der Waals surface area (Å²) >= 11 is 7.11. The second kappa shape index (κ2) is 5.81. The number of aromatic amines is 1. The van der Waals surface area contributed by atoms with Gasteiger partial charge in [0.2, 0.25) is 0 Å². The van der Waals surface area contributed by atoms with Gasteiger partial charge in [0, 0.05) is 5.56 Å². The summed E-state index contributed by atoms with van der Waals surface area (Å²) in [5, 5.41) is 0. The van der Waals surface area contributed by atoms with Crippen LogP contribution in [0.1, 0.15) is 12.5 Å². The van der Waals surface area contributed by atoms with Gasteiger partial charge in [-0.1, -0.05) is 6.07 Å². The molecule has 0 aliphatic heterocycles. The van der Waals surface area contributed by atoms with Crippen molar-refractivity contribution in [2.75, 3.05) is 6.61 Å². The number of benzene rings is 2. The van der Waals surface area contributed by atoms with Gasteiger partial charge >= 0.3 is 0 Å². The Bertz CT molecular complexity index is 788. The van der Waals surface area contributed by atoms with Crippen LogP contribution in [0.5, 0.6) is 5.75 Å². The number of hydrogen-bond donors (Lipinski definition) is 1. The lowest BCUT2D eigenvalue weighted by Crippen LogP contribution is -1.94. The average molecular weight is 410 g/mol. The molecule has 1 aromatic heterocycles. The lowest BCUT2D eigenvalue weighted by molar-refractivity contribution is 0.336. The number of hydrogen-bond acceptors (Lipinski definition) is 2. The molecular formula is C16H14Br2N2O. The first-order valence-corrected chi connectivity index (χ1v) is 8.25.